The Morgan fingerprint density at radius 1 is 0.850 bits per heavy atom. The summed E-state index contributed by atoms with van der Waals surface area (Å²) in [5.41, 5.74) is 1.75. The van der Waals surface area contributed by atoms with Gasteiger partial charge in [0.1, 0.15) is 0 Å². The van der Waals surface area contributed by atoms with Gasteiger partial charge in [0.05, 0.1) is 6.54 Å². The molecule has 2 aromatic carbocycles. The summed E-state index contributed by atoms with van der Waals surface area (Å²) in [6.07, 6.45) is 0. The maximum atomic E-state index is 11.5. The van der Waals surface area contributed by atoms with Crippen LogP contribution < -0.4 is 5.32 Å². The Morgan fingerprint density at radius 3 is 2.00 bits per heavy atom. The van der Waals surface area contributed by atoms with Crippen LogP contribution in [0, 0.1) is 23.7 Å². The molecule has 0 spiro atoms. The summed E-state index contributed by atoms with van der Waals surface area (Å²) >= 11 is 0. The van der Waals surface area contributed by atoms with Gasteiger partial charge in [-0.15, -0.1) is 0 Å². The molecule has 0 bridgehead atoms. The molecule has 2 rings (SSSR count). The van der Waals surface area contributed by atoms with E-state index in [1.165, 1.54) is 0 Å². The molecule has 96 valence electrons. The molecule has 0 atom stereocenters. The van der Waals surface area contributed by atoms with Crippen LogP contribution in [0.4, 0.5) is 0 Å². The third-order valence-corrected chi connectivity index (χ3v) is 2.44. The van der Waals surface area contributed by atoms with Crippen molar-refractivity contribution in [2.45, 2.75) is 0 Å². The monoisotopic (exact) mass is 259 g/mol. The molecule has 0 unspecified atom stereocenters. The molecule has 1 N–H and O–H groups in total. The highest BCUT2D eigenvalue weighted by Gasteiger charge is 1.91. The van der Waals surface area contributed by atoms with Crippen LogP contribution in [-0.2, 0) is 4.79 Å². The second-order valence-electron chi connectivity index (χ2n) is 3.97. The van der Waals surface area contributed by atoms with Crippen LogP contribution in [0.15, 0.2) is 60.7 Å². The van der Waals surface area contributed by atoms with E-state index in [0.29, 0.717) is 0 Å². The minimum absolute atomic E-state index is 0.289. The Balaban J connectivity index is 1.82. The molecule has 0 aromatic heterocycles. The first-order chi connectivity index (χ1) is 9.84. The highest BCUT2D eigenvalue weighted by atomic mass is 16.1. The summed E-state index contributed by atoms with van der Waals surface area (Å²) in [5.74, 6) is 10.8. The Hall–Kier alpha value is -2.97. The molecule has 0 aliphatic carbocycles. The lowest BCUT2D eigenvalue weighted by molar-refractivity contribution is -0.115. The van der Waals surface area contributed by atoms with Crippen molar-refractivity contribution >= 4 is 5.91 Å². The van der Waals surface area contributed by atoms with Crippen molar-refractivity contribution < 1.29 is 4.79 Å². The maximum Gasteiger partial charge on any atom is 0.297 e. The van der Waals surface area contributed by atoms with E-state index >= 15 is 0 Å². The molecule has 0 saturated heterocycles. The van der Waals surface area contributed by atoms with E-state index in [9.17, 15) is 4.79 Å². The zero-order chi connectivity index (χ0) is 14.0. The van der Waals surface area contributed by atoms with Gasteiger partial charge in [0.15, 0.2) is 0 Å². The van der Waals surface area contributed by atoms with E-state index in [0.717, 1.165) is 11.1 Å². The van der Waals surface area contributed by atoms with Gasteiger partial charge in [-0.1, -0.05) is 54.2 Å². The second-order valence-corrected chi connectivity index (χ2v) is 3.97. The Bertz CT molecular complexity index is 682. The highest BCUT2D eigenvalue weighted by molar-refractivity contribution is 5.94. The second kappa shape index (κ2) is 7.46. The van der Waals surface area contributed by atoms with Crippen molar-refractivity contribution in [2.75, 3.05) is 6.54 Å². The topological polar surface area (TPSA) is 29.1 Å². The molecule has 20 heavy (non-hydrogen) atoms. The minimum atomic E-state index is -0.323. The first-order valence-corrected chi connectivity index (χ1v) is 6.23. The van der Waals surface area contributed by atoms with Crippen molar-refractivity contribution in [1.82, 2.24) is 5.32 Å². The fraction of sp³-hybridized carbons (Fsp3) is 0.0556. The first kappa shape index (κ1) is 13.5. The van der Waals surface area contributed by atoms with Gasteiger partial charge in [0.25, 0.3) is 5.91 Å². The van der Waals surface area contributed by atoms with Crippen LogP contribution in [-0.4, -0.2) is 12.5 Å². The van der Waals surface area contributed by atoms with Gasteiger partial charge >= 0.3 is 0 Å². The predicted molar refractivity (Wildman–Crippen MR) is 79.6 cm³/mol. The zero-order valence-electron chi connectivity index (χ0n) is 10.9. The fourth-order valence-electron chi connectivity index (χ4n) is 1.49. The first-order valence-electron chi connectivity index (χ1n) is 6.23. The average molecular weight is 259 g/mol. The number of benzene rings is 2. The summed E-state index contributed by atoms with van der Waals surface area (Å²) in [7, 11) is 0. The molecule has 0 radical (unpaired) electrons. The molecule has 0 heterocycles. The lowest BCUT2D eigenvalue weighted by atomic mass is 10.2. The summed E-state index contributed by atoms with van der Waals surface area (Å²) < 4.78 is 0. The van der Waals surface area contributed by atoms with Crippen molar-refractivity contribution in [2.24, 2.45) is 0 Å². The number of carbonyl (C=O) groups excluding carboxylic acids is 1. The molecule has 0 aliphatic heterocycles. The molecule has 0 fully saturated rings. The maximum absolute atomic E-state index is 11.5. The van der Waals surface area contributed by atoms with Crippen LogP contribution in [0.5, 0.6) is 0 Å². The molecule has 1 amide bonds. The number of nitrogens with one attached hydrogen (secondary N) is 1. The van der Waals surface area contributed by atoms with Crippen molar-refractivity contribution in [3.8, 4) is 23.7 Å². The normalized spacial score (nSPS) is 8.60. The smallest absolute Gasteiger partial charge is 0.297 e. The average Bonchev–Trinajstić information content (AvgIpc) is 2.52. The fourth-order valence-corrected chi connectivity index (χ4v) is 1.49. The molecule has 2 heteroatoms. The lowest BCUT2D eigenvalue weighted by Gasteiger charge is -1.92. The summed E-state index contributed by atoms with van der Waals surface area (Å²) in [6.45, 7) is 0.289. The van der Waals surface area contributed by atoms with Gasteiger partial charge in [-0.2, -0.15) is 0 Å². The van der Waals surface area contributed by atoms with Crippen LogP contribution in [0.1, 0.15) is 11.1 Å². The van der Waals surface area contributed by atoms with E-state index in [2.05, 4.69) is 29.0 Å². The van der Waals surface area contributed by atoms with E-state index in [-0.39, 0.29) is 12.5 Å². The third-order valence-electron chi connectivity index (χ3n) is 2.44. The van der Waals surface area contributed by atoms with Gasteiger partial charge in [-0.05, 0) is 24.3 Å². The van der Waals surface area contributed by atoms with E-state index in [1.54, 1.807) is 0 Å². The Labute approximate surface area is 118 Å². The molecule has 2 aromatic rings. The standard InChI is InChI=1S/C18H13NO/c20-18(14-13-17-10-5-2-6-11-17)19-15-7-12-16-8-3-1-4-9-16/h1-6,8-11H,15H2,(H,19,20). The molecule has 0 saturated carbocycles. The number of carbonyl (C=O) groups is 1. The largest absolute Gasteiger partial charge is 0.334 e. The van der Waals surface area contributed by atoms with Crippen molar-refractivity contribution in [1.29, 1.82) is 0 Å². The summed E-state index contributed by atoms with van der Waals surface area (Å²) in [5, 5.41) is 2.64. The van der Waals surface area contributed by atoms with Gasteiger partial charge < -0.3 is 5.32 Å². The number of rotatable bonds is 1. The van der Waals surface area contributed by atoms with Gasteiger partial charge in [0.2, 0.25) is 0 Å². The van der Waals surface area contributed by atoms with Crippen molar-refractivity contribution in [3.05, 3.63) is 71.8 Å². The van der Waals surface area contributed by atoms with Crippen LogP contribution in [0.3, 0.4) is 0 Å². The van der Waals surface area contributed by atoms with E-state index in [1.807, 2.05) is 60.7 Å². The van der Waals surface area contributed by atoms with E-state index < -0.39 is 0 Å². The minimum Gasteiger partial charge on any atom is -0.334 e. The van der Waals surface area contributed by atoms with E-state index in [4.69, 9.17) is 0 Å². The summed E-state index contributed by atoms with van der Waals surface area (Å²) in [4.78, 5) is 11.5. The third kappa shape index (κ3) is 4.72. The predicted octanol–water partition coefficient (Wildman–Crippen LogP) is 2.21. The van der Waals surface area contributed by atoms with Crippen molar-refractivity contribution in [3.63, 3.8) is 0 Å². The van der Waals surface area contributed by atoms with Gasteiger partial charge in [0, 0.05) is 17.0 Å². The number of amides is 1. The molecule has 0 aliphatic rings. The number of hydrogen-bond acceptors (Lipinski definition) is 1. The quantitative estimate of drug-likeness (QED) is 0.782. The Morgan fingerprint density at radius 2 is 1.40 bits per heavy atom. The van der Waals surface area contributed by atoms with Gasteiger partial charge in [-0.25, -0.2) is 0 Å². The van der Waals surface area contributed by atoms with Gasteiger partial charge in [-0.3, -0.25) is 4.79 Å². The highest BCUT2D eigenvalue weighted by Crippen LogP contribution is 1.95. The zero-order valence-corrected chi connectivity index (χ0v) is 10.9. The Kier molecular flexibility index (Phi) is 5.02. The lowest BCUT2D eigenvalue weighted by Crippen LogP contribution is -2.21. The summed E-state index contributed by atoms with van der Waals surface area (Å²) in [6, 6.07) is 19.0. The van der Waals surface area contributed by atoms with Crippen LogP contribution in [0.25, 0.3) is 0 Å². The van der Waals surface area contributed by atoms with Crippen LogP contribution in [0.2, 0.25) is 0 Å². The number of hydrogen-bond donors (Lipinski definition) is 1. The van der Waals surface area contributed by atoms with Crippen LogP contribution >= 0.6 is 0 Å². The SMILES string of the molecule is O=C(C#Cc1ccccc1)NCC#Cc1ccccc1. The molecular formula is C18H13NO. The molecular weight excluding hydrogens is 246 g/mol. The molecule has 2 nitrogen and oxygen atoms in total.